The van der Waals surface area contributed by atoms with Gasteiger partial charge in [0.1, 0.15) is 0 Å². The highest BCUT2D eigenvalue weighted by molar-refractivity contribution is 5.14. The third kappa shape index (κ3) is 3.05. The predicted molar refractivity (Wildman–Crippen MR) is 57.3 cm³/mol. The van der Waals surface area contributed by atoms with Crippen LogP contribution in [0.5, 0.6) is 5.88 Å². The molecule has 3 heteroatoms. The second-order valence-electron chi connectivity index (χ2n) is 4.67. The van der Waals surface area contributed by atoms with Gasteiger partial charge in [0.25, 0.3) is 0 Å². The minimum absolute atomic E-state index is 0.140. The van der Waals surface area contributed by atoms with Gasteiger partial charge >= 0.3 is 0 Å². The van der Waals surface area contributed by atoms with E-state index in [9.17, 15) is 5.11 Å². The summed E-state index contributed by atoms with van der Waals surface area (Å²) in [4.78, 5) is 0. The van der Waals surface area contributed by atoms with Gasteiger partial charge in [-0.05, 0) is 18.3 Å². The van der Waals surface area contributed by atoms with Crippen molar-refractivity contribution in [1.82, 2.24) is 9.78 Å². The Morgan fingerprint density at radius 1 is 1.29 bits per heavy atom. The summed E-state index contributed by atoms with van der Waals surface area (Å²) in [7, 11) is 0. The highest BCUT2D eigenvalue weighted by atomic mass is 16.3. The Hall–Kier alpha value is -0.990. The summed E-state index contributed by atoms with van der Waals surface area (Å²) in [6.07, 6.45) is 0.972. The summed E-state index contributed by atoms with van der Waals surface area (Å²) >= 11 is 0. The second-order valence-corrected chi connectivity index (χ2v) is 4.67. The lowest BCUT2D eigenvalue weighted by Crippen LogP contribution is -2.11. The van der Waals surface area contributed by atoms with Gasteiger partial charge in [0.15, 0.2) is 0 Å². The fourth-order valence-electron chi connectivity index (χ4n) is 1.53. The van der Waals surface area contributed by atoms with Gasteiger partial charge in [-0.15, -0.1) is 5.10 Å². The summed E-state index contributed by atoms with van der Waals surface area (Å²) in [5.74, 6) is 1.29. The van der Waals surface area contributed by atoms with Crippen LogP contribution in [0.1, 0.15) is 33.4 Å². The average molecular weight is 196 g/mol. The fourth-order valence-corrected chi connectivity index (χ4v) is 1.53. The summed E-state index contributed by atoms with van der Waals surface area (Å²) in [6.45, 7) is 9.52. The molecule has 80 valence electrons. The molecule has 1 heterocycles. The molecule has 0 atom stereocenters. The minimum Gasteiger partial charge on any atom is -0.492 e. The molecule has 0 saturated heterocycles. The molecule has 0 aromatic carbocycles. The summed E-state index contributed by atoms with van der Waals surface area (Å²) in [5.41, 5.74) is 1.13. The number of aromatic nitrogens is 2. The number of nitrogens with zero attached hydrogens (tertiary/aromatic N) is 2. The molecular weight excluding hydrogens is 176 g/mol. The van der Waals surface area contributed by atoms with E-state index in [2.05, 4.69) is 32.8 Å². The molecule has 0 aliphatic heterocycles. The van der Waals surface area contributed by atoms with Crippen molar-refractivity contribution in [3.05, 3.63) is 11.8 Å². The van der Waals surface area contributed by atoms with E-state index in [1.807, 2.05) is 4.68 Å². The molecule has 0 aliphatic rings. The van der Waals surface area contributed by atoms with Crippen LogP contribution in [-0.4, -0.2) is 14.9 Å². The standard InChI is InChI=1S/C11H20N2O/c1-8(2)5-10-6-11(14)12-13(10)7-9(3)4/h6,8-9H,5,7H2,1-4H3,(H,12,14). The molecule has 0 radical (unpaired) electrons. The van der Waals surface area contributed by atoms with Crippen LogP contribution >= 0.6 is 0 Å². The molecule has 0 bridgehead atoms. The van der Waals surface area contributed by atoms with Gasteiger partial charge in [0.05, 0.1) is 0 Å². The van der Waals surface area contributed by atoms with Gasteiger partial charge in [0, 0.05) is 18.3 Å². The largest absolute Gasteiger partial charge is 0.492 e. The maximum atomic E-state index is 9.33. The fraction of sp³-hybridized carbons (Fsp3) is 0.727. The van der Waals surface area contributed by atoms with Crippen molar-refractivity contribution in [3.63, 3.8) is 0 Å². The Balaban J connectivity index is 2.80. The zero-order valence-corrected chi connectivity index (χ0v) is 9.49. The Bertz CT molecular complexity index is 262. The maximum Gasteiger partial charge on any atom is 0.230 e. The minimum atomic E-state index is 0.140. The second kappa shape index (κ2) is 4.49. The van der Waals surface area contributed by atoms with Gasteiger partial charge in [0.2, 0.25) is 5.88 Å². The normalized spacial score (nSPS) is 11.6. The zero-order valence-electron chi connectivity index (χ0n) is 9.49. The molecule has 14 heavy (non-hydrogen) atoms. The first-order valence-corrected chi connectivity index (χ1v) is 5.24. The quantitative estimate of drug-likeness (QED) is 0.803. The summed E-state index contributed by atoms with van der Waals surface area (Å²) < 4.78 is 1.92. The molecule has 0 saturated carbocycles. The smallest absolute Gasteiger partial charge is 0.230 e. The third-order valence-corrected chi connectivity index (χ3v) is 2.01. The van der Waals surface area contributed by atoms with E-state index in [1.165, 1.54) is 0 Å². The third-order valence-electron chi connectivity index (χ3n) is 2.01. The molecule has 0 spiro atoms. The Morgan fingerprint density at radius 2 is 1.93 bits per heavy atom. The molecule has 1 aromatic heterocycles. The van der Waals surface area contributed by atoms with E-state index in [4.69, 9.17) is 0 Å². The van der Waals surface area contributed by atoms with Crippen molar-refractivity contribution in [3.8, 4) is 5.88 Å². The van der Waals surface area contributed by atoms with Crippen LogP contribution in [0.3, 0.4) is 0 Å². The molecule has 0 aliphatic carbocycles. The van der Waals surface area contributed by atoms with E-state index in [0.717, 1.165) is 18.7 Å². The van der Waals surface area contributed by atoms with Crippen molar-refractivity contribution in [2.45, 2.75) is 40.7 Å². The van der Waals surface area contributed by atoms with E-state index < -0.39 is 0 Å². The van der Waals surface area contributed by atoms with Crippen molar-refractivity contribution in [1.29, 1.82) is 0 Å². The van der Waals surface area contributed by atoms with Crippen molar-refractivity contribution in [2.75, 3.05) is 0 Å². The SMILES string of the molecule is CC(C)Cc1cc(O)nn1CC(C)C. The van der Waals surface area contributed by atoms with Crippen LogP contribution in [0.4, 0.5) is 0 Å². The van der Waals surface area contributed by atoms with Gasteiger partial charge < -0.3 is 5.11 Å². The molecule has 0 fully saturated rings. The van der Waals surface area contributed by atoms with Gasteiger partial charge in [-0.25, -0.2) is 0 Å². The van der Waals surface area contributed by atoms with Crippen LogP contribution in [0.25, 0.3) is 0 Å². The molecule has 3 nitrogen and oxygen atoms in total. The first-order valence-electron chi connectivity index (χ1n) is 5.24. The van der Waals surface area contributed by atoms with Crippen molar-refractivity contribution < 1.29 is 5.11 Å². The van der Waals surface area contributed by atoms with Gasteiger partial charge in [-0.2, -0.15) is 0 Å². The lowest BCUT2D eigenvalue weighted by Gasteiger charge is -2.10. The number of aromatic hydroxyl groups is 1. The first kappa shape index (κ1) is 11.1. The number of hydrogen-bond acceptors (Lipinski definition) is 2. The monoisotopic (exact) mass is 196 g/mol. The van der Waals surface area contributed by atoms with E-state index in [1.54, 1.807) is 6.07 Å². The lowest BCUT2D eigenvalue weighted by atomic mass is 10.1. The molecule has 1 aromatic rings. The van der Waals surface area contributed by atoms with Crippen molar-refractivity contribution >= 4 is 0 Å². The highest BCUT2D eigenvalue weighted by Gasteiger charge is 2.09. The molecule has 1 N–H and O–H groups in total. The van der Waals surface area contributed by atoms with E-state index in [0.29, 0.717) is 11.8 Å². The zero-order chi connectivity index (χ0) is 10.7. The Labute approximate surface area is 85.8 Å². The topological polar surface area (TPSA) is 38.1 Å². The maximum absolute atomic E-state index is 9.33. The number of rotatable bonds is 4. The van der Waals surface area contributed by atoms with Crippen molar-refractivity contribution in [2.24, 2.45) is 11.8 Å². The molecular formula is C11H20N2O. The van der Waals surface area contributed by atoms with Gasteiger partial charge in [-0.1, -0.05) is 27.7 Å². The summed E-state index contributed by atoms with van der Waals surface area (Å²) in [5, 5.41) is 13.4. The summed E-state index contributed by atoms with van der Waals surface area (Å²) in [6, 6.07) is 1.77. The van der Waals surface area contributed by atoms with Crippen LogP contribution in [-0.2, 0) is 13.0 Å². The molecule has 0 amide bonds. The predicted octanol–water partition coefficient (Wildman–Crippen LogP) is 2.44. The molecule has 1 rings (SSSR count). The van der Waals surface area contributed by atoms with Crippen LogP contribution in [0.15, 0.2) is 6.07 Å². The average Bonchev–Trinajstić information content (AvgIpc) is 2.28. The lowest BCUT2D eigenvalue weighted by molar-refractivity contribution is 0.413. The highest BCUT2D eigenvalue weighted by Crippen LogP contribution is 2.15. The van der Waals surface area contributed by atoms with Crippen LogP contribution in [0, 0.1) is 11.8 Å². The Morgan fingerprint density at radius 3 is 2.43 bits per heavy atom. The van der Waals surface area contributed by atoms with Crippen LogP contribution < -0.4 is 0 Å². The van der Waals surface area contributed by atoms with Gasteiger partial charge in [-0.3, -0.25) is 4.68 Å². The first-order chi connectivity index (χ1) is 6.49. The molecule has 0 unspecified atom stereocenters. The van der Waals surface area contributed by atoms with E-state index in [-0.39, 0.29) is 5.88 Å². The van der Waals surface area contributed by atoms with E-state index >= 15 is 0 Å². The van der Waals surface area contributed by atoms with Crippen LogP contribution in [0.2, 0.25) is 0 Å². The number of hydrogen-bond donors (Lipinski definition) is 1. The Kier molecular flexibility index (Phi) is 3.55.